The minimum Gasteiger partial charge on any atom is -0.493 e. The molecule has 2 aromatic rings. The predicted molar refractivity (Wildman–Crippen MR) is 86.7 cm³/mol. The summed E-state index contributed by atoms with van der Waals surface area (Å²) in [7, 11) is 2.75. The molecule has 0 saturated carbocycles. The third-order valence-corrected chi connectivity index (χ3v) is 3.82. The fourth-order valence-electron chi connectivity index (χ4n) is 2.70. The van der Waals surface area contributed by atoms with Crippen molar-refractivity contribution in [3.05, 3.63) is 41.5 Å². The van der Waals surface area contributed by atoms with Crippen LogP contribution in [0.3, 0.4) is 0 Å². The largest absolute Gasteiger partial charge is 0.493 e. The van der Waals surface area contributed by atoms with Crippen molar-refractivity contribution in [2.75, 3.05) is 21.0 Å². The number of carbonyl (C=O) groups excluding carboxylic acids is 1. The highest BCUT2D eigenvalue weighted by molar-refractivity contribution is 5.94. The number of benzene rings is 2. The Bertz CT molecular complexity index is 822. The molecule has 8 heteroatoms. The summed E-state index contributed by atoms with van der Waals surface area (Å²) in [5, 5.41) is 0. The molecule has 0 bridgehead atoms. The number of carbonyl (C=O) groups is 1. The molecule has 0 amide bonds. The van der Waals surface area contributed by atoms with Gasteiger partial charge in [0.1, 0.15) is 6.61 Å². The van der Waals surface area contributed by atoms with Gasteiger partial charge in [0.2, 0.25) is 5.75 Å². The number of alkyl halides is 2. The van der Waals surface area contributed by atoms with Gasteiger partial charge in [0.25, 0.3) is 0 Å². The third-order valence-electron chi connectivity index (χ3n) is 3.82. The molecular weight excluding hydrogens is 350 g/mol. The van der Waals surface area contributed by atoms with Crippen LogP contribution in [-0.2, 0) is 16.1 Å². The number of cyclic esters (lactones) is 1. The van der Waals surface area contributed by atoms with Crippen molar-refractivity contribution in [3.8, 4) is 28.4 Å². The summed E-state index contributed by atoms with van der Waals surface area (Å²) in [5.74, 6) is -0.472. The zero-order chi connectivity index (χ0) is 18.7. The van der Waals surface area contributed by atoms with Crippen LogP contribution in [-0.4, -0.2) is 33.6 Å². The lowest BCUT2D eigenvalue weighted by Gasteiger charge is -2.18. The summed E-state index contributed by atoms with van der Waals surface area (Å²) < 4.78 is 50.8. The molecular formula is C18H16F2O6. The van der Waals surface area contributed by atoms with E-state index < -0.39 is 6.61 Å². The number of fused-ring (bicyclic) bond motifs is 1. The first-order valence-corrected chi connectivity index (χ1v) is 7.63. The van der Waals surface area contributed by atoms with Gasteiger partial charge in [-0.1, -0.05) is 6.07 Å². The summed E-state index contributed by atoms with van der Waals surface area (Å²) in [4.78, 5) is 11.6. The number of rotatable bonds is 7. The fourth-order valence-corrected chi connectivity index (χ4v) is 2.70. The summed E-state index contributed by atoms with van der Waals surface area (Å²) in [6.07, 6.45) is 0. The molecule has 0 aromatic heterocycles. The molecule has 2 aromatic carbocycles. The maximum atomic E-state index is 12.9. The lowest BCUT2D eigenvalue weighted by atomic mass is 9.99. The molecule has 1 heterocycles. The molecule has 0 unspecified atom stereocenters. The number of esters is 1. The molecule has 1 aliphatic rings. The Labute approximate surface area is 148 Å². The van der Waals surface area contributed by atoms with E-state index in [1.807, 2.05) is 0 Å². The highest BCUT2D eigenvalue weighted by atomic mass is 19.3. The van der Waals surface area contributed by atoms with Crippen molar-refractivity contribution in [2.45, 2.75) is 13.2 Å². The molecule has 0 fully saturated rings. The van der Waals surface area contributed by atoms with E-state index in [1.54, 1.807) is 24.3 Å². The second-order valence-corrected chi connectivity index (χ2v) is 5.35. The van der Waals surface area contributed by atoms with Crippen molar-refractivity contribution in [2.24, 2.45) is 0 Å². The quantitative estimate of drug-likeness (QED) is 0.551. The Hall–Kier alpha value is -2.87. The van der Waals surface area contributed by atoms with Gasteiger partial charge in [-0.25, -0.2) is 4.79 Å². The number of methoxy groups -OCH3 is 2. The lowest BCUT2D eigenvalue weighted by Crippen LogP contribution is -2.08. The third kappa shape index (κ3) is 3.41. The van der Waals surface area contributed by atoms with Crippen molar-refractivity contribution < 1.29 is 37.3 Å². The van der Waals surface area contributed by atoms with Gasteiger partial charge >= 0.3 is 12.6 Å². The first-order chi connectivity index (χ1) is 12.5. The molecule has 1 aliphatic heterocycles. The van der Waals surface area contributed by atoms with Gasteiger partial charge in [0, 0.05) is 18.2 Å². The Kier molecular flexibility index (Phi) is 5.22. The molecule has 0 spiro atoms. The lowest BCUT2D eigenvalue weighted by molar-refractivity contribution is -0.0546. The van der Waals surface area contributed by atoms with Crippen LogP contribution in [0.1, 0.15) is 15.9 Å². The first-order valence-electron chi connectivity index (χ1n) is 7.63. The Morgan fingerprint density at radius 3 is 2.58 bits per heavy atom. The van der Waals surface area contributed by atoms with E-state index in [4.69, 9.17) is 18.9 Å². The van der Waals surface area contributed by atoms with Crippen molar-refractivity contribution >= 4 is 5.97 Å². The van der Waals surface area contributed by atoms with Gasteiger partial charge in [-0.2, -0.15) is 8.78 Å². The number of ether oxygens (including phenoxy) is 5. The summed E-state index contributed by atoms with van der Waals surface area (Å²) >= 11 is 0. The summed E-state index contributed by atoms with van der Waals surface area (Å²) in [6.45, 7) is -3.07. The molecule has 26 heavy (non-hydrogen) atoms. The minimum absolute atomic E-state index is 0.0525. The molecule has 0 atom stereocenters. The van der Waals surface area contributed by atoms with Crippen molar-refractivity contribution in [3.63, 3.8) is 0 Å². The van der Waals surface area contributed by atoms with Crippen LogP contribution in [0.25, 0.3) is 11.1 Å². The van der Waals surface area contributed by atoms with Gasteiger partial charge in [-0.05, 0) is 29.8 Å². The maximum absolute atomic E-state index is 12.9. The molecule has 0 N–H and O–H groups in total. The van der Waals surface area contributed by atoms with Gasteiger partial charge < -0.3 is 23.7 Å². The topological polar surface area (TPSA) is 63.2 Å². The smallest absolute Gasteiger partial charge is 0.387 e. The van der Waals surface area contributed by atoms with E-state index in [0.717, 1.165) is 0 Å². The second-order valence-electron chi connectivity index (χ2n) is 5.35. The van der Waals surface area contributed by atoms with Gasteiger partial charge in [0.05, 0.1) is 12.7 Å². The van der Waals surface area contributed by atoms with E-state index in [2.05, 4.69) is 4.74 Å². The summed E-state index contributed by atoms with van der Waals surface area (Å²) in [6, 6.07) is 8.20. The zero-order valence-corrected chi connectivity index (χ0v) is 14.1. The minimum atomic E-state index is -3.06. The highest BCUT2D eigenvalue weighted by Crippen LogP contribution is 2.45. The van der Waals surface area contributed by atoms with Crippen LogP contribution in [0.5, 0.6) is 17.2 Å². The van der Waals surface area contributed by atoms with Gasteiger partial charge in [-0.15, -0.1) is 0 Å². The van der Waals surface area contributed by atoms with E-state index in [-0.39, 0.29) is 36.6 Å². The van der Waals surface area contributed by atoms with Crippen LogP contribution in [0.15, 0.2) is 30.3 Å². The number of halogens is 2. The Balaban J connectivity index is 2.12. The van der Waals surface area contributed by atoms with Crippen molar-refractivity contribution in [1.82, 2.24) is 0 Å². The van der Waals surface area contributed by atoms with Crippen LogP contribution >= 0.6 is 0 Å². The van der Waals surface area contributed by atoms with Crippen LogP contribution < -0.4 is 14.2 Å². The molecule has 138 valence electrons. The van der Waals surface area contributed by atoms with Crippen LogP contribution in [0.2, 0.25) is 0 Å². The highest BCUT2D eigenvalue weighted by Gasteiger charge is 2.25. The second kappa shape index (κ2) is 7.57. The zero-order valence-electron chi connectivity index (χ0n) is 14.1. The van der Waals surface area contributed by atoms with E-state index >= 15 is 0 Å². The summed E-state index contributed by atoms with van der Waals surface area (Å²) in [5.41, 5.74) is 2.32. The number of hydrogen-bond acceptors (Lipinski definition) is 6. The molecule has 0 radical (unpaired) electrons. The van der Waals surface area contributed by atoms with Crippen LogP contribution in [0, 0.1) is 0 Å². The van der Waals surface area contributed by atoms with Crippen LogP contribution in [0.4, 0.5) is 8.78 Å². The molecule has 0 saturated heterocycles. The van der Waals surface area contributed by atoms with Gasteiger partial charge in [-0.3, -0.25) is 0 Å². The normalized spacial score (nSPS) is 12.7. The maximum Gasteiger partial charge on any atom is 0.387 e. The Morgan fingerprint density at radius 2 is 1.88 bits per heavy atom. The van der Waals surface area contributed by atoms with Gasteiger partial charge in [0.15, 0.2) is 18.3 Å². The molecule has 3 rings (SSSR count). The molecule has 6 nitrogen and oxygen atoms in total. The monoisotopic (exact) mass is 366 g/mol. The standard InChI is InChI=1S/C18H16F2O6/c1-22-9-25-15-12(5-6-14(23-2)16(15)26-18(19)20)10-3-4-13-11(7-10)8-24-17(13)21/h3-7,18H,8-9H2,1-2H3. The molecule has 0 aliphatic carbocycles. The van der Waals surface area contributed by atoms with E-state index in [9.17, 15) is 13.6 Å². The fraction of sp³-hybridized carbons (Fsp3) is 0.278. The average Bonchev–Trinajstić information content (AvgIpc) is 3.00. The van der Waals surface area contributed by atoms with E-state index in [0.29, 0.717) is 22.3 Å². The Morgan fingerprint density at radius 1 is 1.12 bits per heavy atom. The first kappa shape index (κ1) is 17.9. The predicted octanol–water partition coefficient (Wildman–Crippen LogP) is 3.62. The SMILES string of the molecule is COCOc1c(-c2ccc3c(c2)COC3=O)ccc(OC)c1OC(F)F. The number of hydrogen-bond donors (Lipinski definition) is 0. The van der Waals surface area contributed by atoms with E-state index in [1.165, 1.54) is 20.3 Å². The van der Waals surface area contributed by atoms with Crippen molar-refractivity contribution in [1.29, 1.82) is 0 Å². The average molecular weight is 366 g/mol.